The van der Waals surface area contributed by atoms with Crippen LogP contribution < -0.4 is 0 Å². The molecule has 1 aromatic rings. The highest BCUT2D eigenvalue weighted by molar-refractivity contribution is 5.87. The number of hydrogen-bond acceptors (Lipinski definition) is 3. The van der Waals surface area contributed by atoms with Gasteiger partial charge in [0.15, 0.2) is 0 Å². The first kappa shape index (κ1) is 17.0. The molecule has 0 heterocycles. The number of carbonyl (C=O) groups is 2. The summed E-state index contributed by atoms with van der Waals surface area (Å²) in [5, 5.41) is 18.1. The van der Waals surface area contributed by atoms with Crippen LogP contribution in [0.2, 0.25) is 0 Å². The van der Waals surface area contributed by atoms with E-state index in [2.05, 4.69) is 0 Å². The molecule has 21 heavy (non-hydrogen) atoms. The normalized spacial score (nSPS) is 11.8. The lowest BCUT2D eigenvalue weighted by atomic mass is 10.1. The van der Waals surface area contributed by atoms with Gasteiger partial charge in [0.05, 0.1) is 11.7 Å². The summed E-state index contributed by atoms with van der Waals surface area (Å²) in [6, 6.07) is 6.30. The van der Waals surface area contributed by atoms with Gasteiger partial charge in [-0.15, -0.1) is 0 Å². The summed E-state index contributed by atoms with van der Waals surface area (Å²) in [6.45, 7) is 2.57. The zero-order valence-electron chi connectivity index (χ0n) is 12.6. The van der Waals surface area contributed by atoms with Gasteiger partial charge in [-0.2, -0.15) is 0 Å². The van der Waals surface area contributed by atoms with Gasteiger partial charge in [0.25, 0.3) is 0 Å². The Hall–Kier alpha value is -2.08. The second-order valence-electron chi connectivity index (χ2n) is 5.20. The van der Waals surface area contributed by atoms with Gasteiger partial charge in [-0.25, -0.2) is 9.59 Å². The molecule has 2 amide bonds. The van der Waals surface area contributed by atoms with Crippen molar-refractivity contribution in [2.45, 2.75) is 26.0 Å². The molecule has 2 N–H and O–H groups in total. The van der Waals surface area contributed by atoms with E-state index in [9.17, 15) is 14.7 Å². The minimum Gasteiger partial charge on any atom is -0.478 e. The molecule has 0 radical (unpaired) electrons. The number of aliphatic hydroxyl groups excluding tert-OH is 1. The highest BCUT2D eigenvalue weighted by Crippen LogP contribution is 2.08. The van der Waals surface area contributed by atoms with Gasteiger partial charge >= 0.3 is 12.0 Å². The predicted molar refractivity (Wildman–Crippen MR) is 79.2 cm³/mol. The van der Waals surface area contributed by atoms with Gasteiger partial charge in [0.1, 0.15) is 0 Å². The van der Waals surface area contributed by atoms with E-state index in [1.165, 1.54) is 12.1 Å². The summed E-state index contributed by atoms with van der Waals surface area (Å²) >= 11 is 0. The van der Waals surface area contributed by atoms with Crippen LogP contribution in [0.4, 0.5) is 4.79 Å². The van der Waals surface area contributed by atoms with Crippen LogP contribution in [-0.2, 0) is 6.54 Å². The van der Waals surface area contributed by atoms with Crippen molar-refractivity contribution < 1.29 is 19.8 Å². The fraction of sp³-hybridized carbons (Fsp3) is 0.467. The van der Waals surface area contributed by atoms with E-state index in [0.717, 1.165) is 5.56 Å². The zero-order chi connectivity index (χ0) is 16.0. The van der Waals surface area contributed by atoms with Crippen LogP contribution in [0, 0.1) is 0 Å². The van der Waals surface area contributed by atoms with Crippen LogP contribution in [0.25, 0.3) is 0 Å². The maximum Gasteiger partial charge on any atom is 0.335 e. The lowest BCUT2D eigenvalue weighted by molar-refractivity contribution is 0.0696. The monoisotopic (exact) mass is 294 g/mol. The molecule has 6 nitrogen and oxygen atoms in total. The number of aromatic carboxylic acids is 1. The first-order valence-electron chi connectivity index (χ1n) is 6.77. The van der Waals surface area contributed by atoms with Gasteiger partial charge in [-0.3, -0.25) is 0 Å². The van der Waals surface area contributed by atoms with Crippen molar-refractivity contribution in [3.63, 3.8) is 0 Å². The number of benzene rings is 1. The SMILES string of the molecule is CC(O)CCN(C)C(=O)N(C)Cc1ccc(C(=O)O)cc1. The molecule has 1 rings (SSSR count). The van der Waals surface area contributed by atoms with Crippen molar-refractivity contribution in [3.05, 3.63) is 35.4 Å². The number of urea groups is 1. The lowest BCUT2D eigenvalue weighted by Crippen LogP contribution is -2.39. The van der Waals surface area contributed by atoms with E-state index in [1.807, 2.05) is 0 Å². The summed E-state index contributed by atoms with van der Waals surface area (Å²) in [5.41, 5.74) is 1.08. The maximum atomic E-state index is 12.1. The number of rotatable bonds is 6. The molecule has 1 aromatic carbocycles. The standard InChI is InChI=1S/C15H22N2O4/c1-11(18)8-9-16(2)15(21)17(3)10-12-4-6-13(7-5-12)14(19)20/h4-7,11,18H,8-10H2,1-3H3,(H,19,20). The maximum absolute atomic E-state index is 12.1. The highest BCUT2D eigenvalue weighted by atomic mass is 16.4. The van der Waals surface area contributed by atoms with Crippen LogP contribution in [0.3, 0.4) is 0 Å². The third-order valence-corrected chi connectivity index (χ3v) is 3.16. The third kappa shape index (κ3) is 5.43. The Morgan fingerprint density at radius 1 is 1.14 bits per heavy atom. The Bertz CT molecular complexity index is 485. The number of amides is 2. The van der Waals surface area contributed by atoms with E-state index < -0.39 is 12.1 Å². The molecular formula is C15H22N2O4. The Labute approximate surface area is 124 Å². The average Bonchev–Trinajstić information content (AvgIpc) is 2.44. The van der Waals surface area contributed by atoms with Crippen LogP contribution >= 0.6 is 0 Å². The van der Waals surface area contributed by atoms with Crippen LogP contribution in [0.15, 0.2) is 24.3 Å². The molecule has 0 spiro atoms. The molecule has 0 saturated heterocycles. The average molecular weight is 294 g/mol. The van der Waals surface area contributed by atoms with Crippen LogP contribution in [0.5, 0.6) is 0 Å². The second-order valence-corrected chi connectivity index (χ2v) is 5.20. The number of carboxylic acids is 1. The Morgan fingerprint density at radius 3 is 2.19 bits per heavy atom. The Balaban J connectivity index is 2.57. The topological polar surface area (TPSA) is 81.1 Å². The van der Waals surface area contributed by atoms with Gasteiger partial charge in [-0.05, 0) is 31.0 Å². The third-order valence-electron chi connectivity index (χ3n) is 3.16. The van der Waals surface area contributed by atoms with Gasteiger partial charge in [0, 0.05) is 27.2 Å². The Morgan fingerprint density at radius 2 is 1.71 bits per heavy atom. The molecule has 0 saturated carbocycles. The van der Waals surface area contributed by atoms with Crippen molar-refractivity contribution in [2.75, 3.05) is 20.6 Å². The fourth-order valence-electron chi connectivity index (χ4n) is 1.86. The largest absolute Gasteiger partial charge is 0.478 e. The van der Waals surface area contributed by atoms with E-state index in [0.29, 0.717) is 19.5 Å². The molecule has 0 aromatic heterocycles. The van der Waals surface area contributed by atoms with Crippen molar-refractivity contribution in [2.24, 2.45) is 0 Å². The van der Waals surface area contributed by atoms with E-state index in [-0.39, 0.29) is 11.6 Å². The molecular weight excluding hydrogens is 272 g/mol. The predicted octanol–water partition coefficient (Wildman–Crippen LogP) is 1.64. The van der Waals surface area contributed by atoms with Gasteiger partial charge in [-0.1, -0.05) is 12.1 Å². The first-order chi connectivity index (χ1) is 9.81. The van der Waals surface area contributed by atoms with Crippen molar-refractivity contribution in [1.82, 2.24) is 9.80 Å². The summed E-state index contributed by atoms with van der Waals surface area (Å²) in [5.74, 6) is -0.969. The summed E-state index contributed by atoms with van der Waals surface area (Å²) in [7, 11) is 3.38. The van der Waals surface area contributed by atoms with Crippen LogP contribution in [-0.4, -0.2) is 58.8 Å². The Kier molecular flexibility index (Phi) is 6.17. The summed E-state index contributed by atoms with van der Waals surface area (Å²) < 4.78 is 0. The van der Waals surface area contributed by atoms with E-state index in [1.54, 1.807) is 43.0 Å². The quantitative estimate of drug-likeness (QED) is 0.835. The minimum absolute atomic E-state index is 0.141. The van der Waals surface area contributed by atoms with E-state index >= 15 is 0 Å². The first-order valence-corrected chi connectivity index (χ1v) is 6.77. The van der Waals surface area contributed by atoms with Crippen LogP contribution in [0.1, 0.15) is 29.3 Å². The molecule has 1 atom stereocenters. The minimum atomic E-state index is -0.969. The summed E-state index contributed by atoms with van der Waals surface area (Å²) in [4.78, 5) is 26.0. The highest BCUT2D eigenvalue weighted by Gasteiger charge is 2.15. The van der Waals surface area contributed by atoms with Crippen molar-refractivity contribution >= 4 is 12.0 Å². The molecule has 1 unspecified atom stereocenters. The smallest absolute Gasteiger partial charge is 0.335 e. The van der Waals surface area contributed by atoms with Gasteiger partial charge in [0.2, 0.25) is 0 Å². The molecule has 0 aliphatic heterocycles. The molecule has 0 aliphatic rings. The fourth-order valence-corrected chi connectivity index (χ4v) is 1.86. The summed E-state index contributed by atoms with van der Waals surface area (Å²) in [6.07, 6.45) is 0.0951. The van der Waals surface area contributed by atoms with E-state index in [4.69, 9.17) is 5.11 Å². The number of carbonyl (C=O) groups excluding carboxylic acids is 1. The van der Waals surface area contributed by atoms with Gasteiger partial charge < -0.3 is 20.0 Å². The van der Waals surface area contributed by atoms with Crippen molar-refractivity contribution in [1.29, 1.82) is 0 Å². The molecule has 0 aliphatic carbocycles. The lowest BCUT2D eigenvalue weighted by Gasteiger charge is -2.25. The zero-order valence-corrected chi connectivity index (χ0v) is 12.6. The van der Waals surface area contributed by atoms with Crippen molar-refractivity contribution in [3.8, 4) is 0 Å². The number of aliphatic hydroxyl groups is 1. The number of nitrogens with zero attached hydrogens (tertiary/aromatic N) is 2. The molecule has 116 valence electrons. The molecule has 0 bridgehead atoms. The molecule has 6 heteroatoms. The number of carboxylic acid groups (broad SMARTS) is 1. The second kappa shape index (κ2) is 7.64. The number of hydrogen-bond donors (Lipinski definition) is 2. The molecule has 0 fully saturated rings.